The summed E-state index contributed by atoms with van der Waals surface area (Å²) < 4.78 is 4.57. The van der Waals surface area contributed by atoms with Crippen LogP contribution in [0.4, 0.5) is 5.69 Å². The van der Waals surface area contributed by atoms with Crippen molar-refractivity contribution in [2.24, 2.45) is 0 Å². The number of anilines is 1. The molecule has 0 amide bonds. The lowest BCUT2D eigenvalue weighted by atomic mass is 10.2. The molecule has 0 aliphatic heterocycles. The number of rotatable bonds is 4. The topological polar surface area (TPSA) is 75.0 Å². The normalized spacial score (nSPS) is 11.2. The van der Waals surface area contributed by atoms with Gasteiger partial charge in [0.2, 0.25) is 0 Å². The standard InChI is InChI=1S/C12H13N3O2S/c1-8-4-5-14-7-10(8)15-11(18-3)9(6-13)12(16)17-2/h4-5,7,15H,1-3H3/b11-9-. The van der Waals surface area contributed by atoms with E-state index >= 15 is 0 Å². The first-order chi connectivity index (χ1) is 8.63. The smallest absolute Gasteiger partial charge is 0.351 e. The fourth-order valence-corrected chi connectivity index (χ4v) is 1.77. The number of nitrogens with one attached hydrogen (secondary N) is 1. The van der Waals surface area contributed by atoms with Crippen molar-refractivity contribution in [2.45, 2.75) is 6.92 Å². The molecule has 0 aliphatic carbocycles. The Morgan fingerprint density at radius 1 is 1.61 bits per heavy atom. The van der Waals surface area contributed by atoms with Crippen LogP contribution in [0.1, 0.15) is 5.56 Å². The van der Waals surface area contributed by atoms with Gasteiger partial charge >= 0.3 is 5.97 Å². The van der Waals surface area contributed by atoms with Crippen molar-refractivity contribution in [3.63, 3.8) is 0 Å². The number of hydrogen-bond donors (Lipinski definition) is 1. The predicted octanol–water partition coefficient (Wildman–Crippen LogP) is 2.07. The maximum absolute atomic E-state index is 11.4. The Morgan fingerprint density at radius 2 is 2.33 bits per heavy atom. The molecule has 1 aromatic rings. The molecule has 0 saturated heterocycles. The fraction of sp³-hybridized carbons (Fsp3) is 0.250. The zero-order valence-electron chi connectivity index (χ0n) is 10.4. The van der Waals surface area contributed by atoms with Crippen LogP contribution >= 0.6 is 11.8 Å². The molecular formula is C12H13N3O2S. The maximum atomic E-state index is 11.4. The zero-order valence-corrected chi connectivity index (χ0v) is 11.2. The molecule has 0 unspecified atom stereocenters. The van der Waals surface area contributed by atoms with Gasteiger partial charge in [-0.3, -0.25) is 4.98 Å². The minimum absolute atomic E-state index is 0.0479. The summed E-state index contributed by atoms with van der Waals surface area (Å²) in [5, 5.41) is 12.5. The number of esters is 1. The van der Waals surface area contributed by atoms with Gasteiger partial charge in [0.15, 0.2) is 5.57 Å². The minimum Gasteiger partial charge on any atom is -0.465 e. The van der Waals surface area contributed by atoms with Crippen LogP contribution in [0.15, 0.2) is 29.1 Å². The highest BCUT2D eigenvalue weighted by Crippen LogP contribution is 2.22. The Balaban J connectivity index is 3.12. The highest BCUT2D eigenvalue weighted by atomic mass is 32.2. The van der Waals surface area contributed by atoms with Gasteiger partial charge in [0.1, 0.15) is 6.07 Å². The largest absolute Gasteiger partial charge is 0.465 e. The number of thioether (sulfide) groups is 1. The summed E-state index contributed by atoms with van der Waals surface area (Å²) >= 11 is 1.27. The number of nitriles is 1. The molecule has 1 rings (SSSR count). The number of pyridine rings is 1. The molecule has 0 saturated carbocycles. The van der Waals surface area contributed by atoms with E-state index in [1.54, 1.807) is 18.6 Å². The predicted molar refractivity (Wildman–Crippen MR) is 70.8 cm³/mol. The van der Waals surface area contributed by atoms with Gasteiger partial charge in [-0.25, -0.2) is 4.79 Å². The number of aryl methyl sites for hydroxylation is 1. The summed E-state index contributed by atoms with van der Waals surface area (Å²) in [5.74, 6) is -0.657. The summed E-state index contributed by atoms with van der Waals surface area (Å²) in [6.45, 7) is 1.91. The van der Waals surface area contributed by atoms with Gasteiger partial charge in [-0.05, 0) is 24.8 Å². The highest BCUT2D eigenvalue weighted by molar-refractivity contribution is 8.02. The number of aromatic nitrogens is 1. The molecule has 18 heavy (non-hydrogen) atoms. The quantitative estimate of drug-likeness (QED) is 0.509. The molecule has 1 N–H and O–H groups in total. The second-order valence-electron chi connectivity index (χ2n) is 3.33. The van der Waals surface area contributed by atoms with E-state index in [0.717, 1.165) is 11.3 Å². The molecule has 0 spiro atoms. The molecule has 5 nitrogen and oxygen atoms in total. The molecule has 94 valence electrons. The van der Waals surface area contributed by atoms with Gasteiger partial charge in [-0.1, -0.05) is 0 Å². The van der Waals surface area contributed by atoms with Crippen molar-refractivity contribution < 1.29 is 9.53 Å². The summed E-state index contributed by atoms with van der Waals surface area (Å²) in [7, 11) is 1.24. The van der Waals surface area contributed by atoms with Gasteiger partial charge in [0.25, 0.3) is 0 Å². The second-order valence-corrected chi connectivity index (χ2v) is 4.14. The van der Waals surface area contributed by atoms with Crippen molar-refractivity contribution in [3.8, 4) is 6.07 Å². The van der Waals surface area contributed by atoms with E-state index in [4.69, 9.17) is 5.26 Å². The van der Waals surface area contributed by atoms with Gasteiger partial charge in [0, 0.05) is 6.20 Å². The SMILES string of the molecule is COC(=O)/C(C#N)=C(/Nc1cnccc1C)SC. The van der Waals surface area contributed by atoms with Crippen LogP contribution in [0.3, 0.4) is 0 Å². The lowest BCUT2D eigenvalue weighted by Gasteiger charge is -2.11. The molecule has 0 aliphatic rings. The Kier molecular flexibility index (Phi) is 5.21. The number of carbonyl (C=O) groups excluding carboxylic acids is 1. The second kappa shape index (κ2) is 6.67. The molecule has 0 atom stereocenters. The van der Waals surface area contributed by atoms with Crippen molar-refractivity contribution in [1.29, 1.82) is 5.26 Å². The maximum Gasteiger partial charge on any atom is 0.351 e. The molecule has 6 heteroatoms. The van der Waals surface area contributed by atoms with Gasteiger partial charge in [-0.15, -0.1) is 11.8 Å². The molecule has 0 bridgehead atoms. The Morgan fingerprint density at radius 3 is 2.83 bits per heavy atom. The Bertz CT molecular complexity index is 520. The van der Waals surface area contributed by atoms with E-state index in [2.05, 4.69) is 15.0 Å². The minimum atomic E-state index is -0.657. The van der Waals surface area contributed by atoms with Crippen LogP contribution in [-0.2, 0) is 9.53 Å². The summed E-state index contributed by atoms with van der Waals surface area (Å²) in [6.07, 6.45) is 5.08. The number of nitrogens with zero attached hydrogens (tertiary/aromatic N) is 2. The Hall–Kier alpha value is -2.00. The van der Waals surface area contributed by atoms with E-state index in [-0.39, 0.29) is 5.57 Å². The summed E-state index contributed by atoms with van der Waals surface area (Å²) in [5.41, 5.74) is 1.67. The van der Waals surface area contributed by atoms with Crippen LogP contribution in [0.5, 0.6) is 0 Å². The van der Waals surface area contributed by atoms with Gasteiger partial charge < -0.3 is 10.1 Å². The number of ether oxygens (including phenoxy) is 1. The zero-order chi connectivity index (χ0) is 13.5. The first-order valence-electron chi connectivity index (χ1n) is 5.08. The fourth-order valence-electron chi connectivity index (χ4n) is 1.22. The van der Waals surface area contributed by atoms with E-state index in [9.17, 15) is 4.79 Å². The third-order valence-electron chi connectivity index (χ3n) is 2.22. The summed E-state index contributed by atoms with van der Waals surface area (Å²) in [4.78, 5) is 15.4. The van der Waals surface area contributed by atoms with Crippen molar-refractivity contribution >= 4 is 23.4 Å². The lowest BCUT2D eigenvalue weighted by Crippen LogP contribution is -2.10. The van der Waals surface area contributed by atoms with Crippen LogP contribution in [-0.4, -0.2) is 24.3 Å². The number of carbonyl (C=O) groups is 1. The third-order valence-corrected chi connectivity index (χ3v) is 2.93. The van der Waals surface area contributed by atoms with E-state index in [1.165, 1.54) is 18.9 Å². The van der Waals surface area contributed by atoms with Crippen LogP contribution in [0, 0.1) is 18.3 Å². The van der Waals surface area contributed by atoms with Gasteiger partial charge in [0.05, 0.1) is 24.0 Å². The van der Waals surface area contributed by atoms with Crippen LogP contribution < -0.4 is 5.32 Å². The number of hydrogen-bond acceptors (Lipinski definition) is 6. The third kappa shape index (κ3) is 3.25. The average Bonchev–Trinajstić information content (AvgIpc) is 2.40. The first-order valence-corrected chi connectivity index (χ1v) is 6.30. The van der Waals surface area contributed by atoms with Crippen molar-refractivity contribution in [2.75, 3.05) is 18.7 Å². The highest BCUT2D eigenvalue weighted by Gasteiger charge is 2.16. The monoisotopic (exact) mass is 263 g/mol. The molecule has 1 heterocycles. The van der Waals surface area contributed by atoms with E-state index in [1.807, 2.05) is 19.1 Å². The van der Waals surface area contributed by atoms with Gasteiger partial charge in [-0.2, -0.15) is 5.26 Å². The first kappa shape index (κ1) is 14.1. The average molecular weight is 263 g/mol. The van der Waals surface area contributed by atoms with Crippen LogP contribution in [0.2, 0.25) is 0 Å². The molecule has 0 fully saturated rings. The summed E-state index contributed by atoms with van der Waals surface area (Å²) in [6, 6.07) is 3.68. The lowest BCUT2D eigenvalue weighted by molar-refractivity contribution is -0.135. The molecule has 0 aromatic carbocycles. The van der Waals surface area contributed by atoms with E-state index < -0.39 is 5.97 Å². The van der Waals surface area contributed by atoms with Crippen LogP contribution in [0.25, 0.3) is 0 Å². The Labute approximate surface area is 110 Å². The van der Waals surface area contributed by atoms with Crippen molar-refractivity contribution in [1.82, 2.24) is 4.98 Å². The number of methoxy groups -OCH3 is 1. The molecular weight excluding hydrogens is 250 g/mol. The molecule has 1 aromatic heterocycles. The molecule has 0 radical (unpaired) electrons. The van der Waals surface area contributed by atoms with Crippen molar-refractivity contribution in [3.05, 3.63) is 34.6 Å². The van der Waals surface area contributed by atoms with E-state index in [0.29, 0.717) is 5.03 Å².